The minimum absolute atomic E-state index is 0.196. The summed E-state index contributed by atoms with van der Waals surface area (Å²) in [5.74, 6) is 0. The lowest BCUT2D eigenvalue weighted by Crippen LogP contribution is -1.82. The summed E-state index contributed by atoms with van der Waals surface area (Å²) in [5, 5.41) is 10.5. The summed E-state index contributed by atoms with van der Waals surface area (Å²) in [6, 6.07) is 1.79. The van der Waals surface area contributed by atoms with Crippen LogP contribution in [0.2, 0.25) is 0 Å². The lowest BCUT2D eigenvalue weighted by Gasteiger charge is -1.82. The second kappa shape index (κ2) is 3.32. The van der Waals surface area contributed by atoms with Crippen LogP contribution in [0.1, 0.15) is 11.8 Å². The summed E-state index contributed by atoms with van der Waals surface area (Å²) in [7, 11) is 0. The summed E-state index contributed by atoms with van der Waals surface area (Å²) in [6.45, 7) is 1.97. The zero-order chi connectivity index (χ0) is 8.43. The van der Waals surface area contributed by atoms with Crippen LogP contribution in [-0.2, 0) is 6.42 Å². The molecular formula is C6H6BrNO2S. The standard InChI is InChI=1S/C6H6BrNO2S/c1-2-4-3-5(7)6(11-4)8(9)10/h3H,2H2,1H3. The van der Waals surface area contributed by atoms with E-state index in [0.717, 1.165) is 11.3 Å². The van der Waals surface area contributed by atoms with E-state index in [1.165, 1.54) is 11.3 Å². The molecule has 0 unspecified atom stereocenters. The van der Waals surface area contributed by atoms with Gasteiger partial charge in [-0.25, -0.2) is 0 Å². The Kier molecular flexibility index (Phi) is 2.62. The number of rotatable bonds is 2. The third kappa shape index (κ3) is 1.78. The van der Waals surface area contributed by atoms with Crippen molar-refractivity contribution in [1.82, 2.24) is 0 Å². The predicted octanol–water partition coefficient (Wildman–Crippen LogP) is 2.98. The first kappa shape index (κ1) is 8.67. The molecular weight excluding hydrogens is 230 g/mol. The van der Waals surface area contributed by atoms with Gasteiger partial charge in [0, 0.05) is 4.88 Å². The molecule has 1 heterocycles. The summed E-state index contributed by atoms with van der Waals surface area (Å²) >= 11 is 4.35. The molecule has 0 aliphatic heterocycles. The molecule has 1 rings (SSSR count). The number of nitrogens with zero attached hydrogens (tertiary/aromatic N) is 1. The quantitative estimate of drug-likeness (QED) is 0.585. The van der Waals surface area contributed by atoms with E-state index in [9.17, 15) is 10.1 Å². The molecule has 0 aliphatic rings. The topological polar surface area (TPSA) is 43.1 Å². The van der Waals surface area contributed by atoms with E-state index in [4.69, 9.17) is 0 Å². The molecule has 0 radical (unpaired) electrons. The normalized spacial score (nSPS) is 10.0. The zero-order valence-corrected chi connectivity index (χ0v) is 8.24. The van der Waals surface area contributed by atoms with Crippen molar-refractivity contribution in [3.8, 4) is 0 Å². The highest BCUT2D eigenvalue weighted by atomic mass is 79.9. The highest BCUT2D eigenvalue weighted by Crippen LogP contribution is 2.34. The van der Waals surface area contributed by atoms with Crippen LogP contribution in [0, 0.1) is 10.1 Å². The van der Waals surface area contributed by atoms with Crippen molar-refractivity contribution in [3.05, 3.63) is 25.5 Å². The lowest BCUT2D eigenvalue weighted by atomic mass is 10.4. The minimum atomic E-state index is -0.367. The van der Waals surface area contributed by atoms with Gasteiger partial charge in [0.1, 0.15) is 4.47 Å². The molecule has 0 N–H and O–H groups in total. The molecule has 1 aromatic heterocycles. The Balaban J connectivity index is 3.07. The smallest absolute Gasteiger partial charge is 0.258 e. The van der Waals surface area contributed by atoms with Crippen molar-refractivity contribution < 1.29 is 4.92 Å². The van der Waals surface area contributed by atoms with Crippen LogP contribution in [0.5, 0.6) is 0 Å². The van der Waals surface area contributed by atoms with Gasteiger partial charge in [0.25, 0.3) is 0 Å². The highest BCUT2D eigenvalue weighted by Gasteiger charge is 2.15. The number of halogens is 1. The molecule has 0 fully saturated rings. The predicted molar refractivity (Wildman–Crippen MR) is 48.1 cm³/mol. The van der Waals surface area contributed by atoms with Gasteiger partial charge in [-0.3, -0.25) is 10.1 Å². The van der Waals surface area contributed by atoms with Crippen molar-refractivity contribution in [2.24, 2.45) is 0 Å². The Bertz CT molecular complexity index is 284. The van der Waals surface area contributed by atoms with Gasteiger partial charge in [0.15, 0.2) is 0 Å². The van der Waals surface area contributed by atoms with Crippen LogP contribution in [0.15, 0.2) is 10.5 Å². The molecule has 60 valence electrons. The Morgan fingerprint density at radius 3 is 2.73 bits per heavy atom. The third-order valence-corrected chi connectivity index (χ3v) is 3.33. The second-order valence-corrected chi connectivity index (χ2v) is 3.95. The van der Waals surface area contributed by atoms with E-state index in [1.807, 2.05) is 6.92 Å². The molecule has 3 nitrogen and oxygen atoms in total. The number of nitro groups is 1. The fourth-order valence-corrected chi connectivity index (χ4v) is 2.32. The van der Waals surface area contributed by atoms with Gasteiger partial charge in [0.05, 0.1) is 4.92 Å². The molecule has 0 spiro atoms. The summed E-state index contributed by atoms with van der Waals surface area (Å²) in [4.78, 5) is 11.0. The third-order valence-electron chi connectivity index (χ3n) is 1.23. The molecule has 0 aliphatic carbocycles. The largest absolute Gasteiger partial charge is 0.338 e. The highest BCUT2D eigenvalue weighted by molar-refractivity contribution is 9.10. The summed E-state index contributed by atoms with van der Waals surface area (Å²) in [5.41, 5.74) is 0. The molecule has 0 atom stereocenters. The van der Waals surface area contributed by atoms with Crippen molar-refractivity contribution in [1.29, 1.82) is 0 Å². The first-order valence-electron chi connectivity index (χ1n) is 3.07. The van der Waals surface area contributed by atoms with E-state index in [1.54, 1.807) is 6.07 Å². The van der Waals surface area contributed by atoms with Crippen LogP contribution in [0.25, 0.3) is 0 Å². The summed E-state index contributed by atoms with van der Waals surface area (Å²) in [6.07, 6.45) is 0.844. The average molecular weight is 236 g/mol. The molecule has 0 saturated carbocycles. The Labute approximate surface area is 76.3 Å². The SMILES string of the molecule is CCc1cc(Br)c([N+](=O)[O-])s1. The fourth-order valence-electron chi connectivity index (χ4n) is 0.704. The van der Waals surface area contributed by atoms with E-state index in [0.29, 0.717) is 4.47 Å². The van der Waals surface area contributed by atoms with Crippen molar-refractivity contribution in [2.45, 2.75) is 13.3 Å². The van der Waals surface area contributed by atoms with E-state index < -0.39 is 0 Å². The van der Waals surface area contributed by atoms with Crippen molar-refractivity contribution in [2.75, 3.05) is 0 Å². The monoisotopic (exact) mass is 235 g/mol. The second-order valence-electron chi connectivity index (χ2n) is 1.98. The molecule has 5 heteroatoms. The zero-order valence-electron chi connectivity index (χ0n) is 5.83. The van der Waals surface area contributed by atoms with Gasteiger partial charge in [-0.2, -0.15) is 0 Å². The molecule has 1 aromatic rings. The van der Waals surface area contributed by atoms with Crippen LogP contribution < -0.4 is 0 Å². The van der Waals surface area contributed by atoms with Crippen molar-refractivity contribution in [3.63, 3.8) is 0 Å². The Morgan fingerprint density at radius 1 is 1.82 bits per heavy atom. The van der Waals surface area contributed by atoms with E-state index >= 15 is 0 Å². The number of hydrogen-bond donors (Lipinski definition) is 0. The number of thiophene rings is 1. The van der Waals surface area contributed by atoms with Gasteiger partial charge >= 0.3 is 5.00 Å². The Hall–Kier alpha value is -0.420. The average Bonchev–Trinajstić information content (AvgIpc) is 2.30. The molecule has 11 heavy (non-hydrogen) atoms. The van der Waals surface area contributed by atoms with Crippen LogP contribution >= 0.6 is 27.3 Å². The molecule has 0 bridgehead atoms. The van der Waals surface area contributed by atoms with Crippen LogP contribution in [0.4, 0.5) is 5.00 Å². The van der Waals surface area contributed by atoms with Gasteiger partial charge in [-0.05, 0) is 28.4 Å². The van der Waals surface area contributed by atoms with Gasteiger partial charge in [0.2, 0.25) is 0 Å². The number of aryl methyl sites for hydroxylation is 1. The number of hydrogen-bond acceptors (Lipinski definition) is 3. The molecule has 0 saturated heterocycles. The van der Waals surface area contributed by atoms with Crippen LogP contribution in [-0.4, -0.2) is 4.92 Å². The maximum absolute atomic E-state index is 10.3. The molecule has 0 aromatic carbocycles. The Morgan fingerprint density at radius 2 is 2.45 bits per heavy atom. The molecule has 0 amide bonds. The first-order chi connectivity index (χ1) is 5.15. The fraction of sp³-hybridized carbons (Fsp3) is 0.333. The van der Waals surface area contributed by atoms with Gasteiger partial charge in [-0.15, -0.1) is 0 Å². The summed E-state index contributed by atoms with van der Waals surface area (Å²) < 4.78 is 0.587. The van der Waals surface area contributed by atoms with Crippen molar-refractivity contribution >= 4 is 32.3 Å². The first-order valence-corrected chi connectivity index (χ1v) is 4.68. The van der Waals surface area contributed by atoms with Gasteiger partial charge in [-0.1, -0.05) is 18.3 Å². The van der Waals surface area contributed by atoms with E-state index in [-0.39, 0.29) is 9.92 Å². The maximum Gasteiger partial charge on any atom is 0.338 e. The minimum Gasteiger partial charge on any atom is -0.258 e. The van der Waals surface area contributed by atoms with E-state index in [2.05, 4.69) is 15.9 Å². The lowest BCUT2D eigenvalue weighted by molar-refractivity contribution is -0.380. The van der Waals surface area contributed by atoms with Crippen LogP contribution in [0.3, 0.4) is 0 Å². The van der Waals surface area contributed by atoms with Gasteiger partial charge < -0.3 is 0 Å². The maximum atomic E-state index is 10.3.